The maximum atomic E-state index is 12.8. The third kappa shape index (κ3) is 49.3. The summed E-state index contributed by atoms with van der Waals surface area (Å²) < 4.78 is 16.8. The Balaban J connectivity index is 4.24. The molecular formula is C55H106O6. The predicted molar refractivity (Wildman–Crippen MR) is 261 cm³/mol. The largest absolute Gasteiger partial charge is 0.462 e. The number of esters is 3. The molecule has 0 radical (unpaired) electrons. The highest BCUT2D eigenvalue weighted by Gasteiger charge is 2.19. The zero-order chi connectivity index (χ0) is 44.9. The monoisotopic (exact) mass is 863 g/mol. The fourth-order valence-corrected chi connectivity index (χ4v) is 8.29. The number of ether oxygens (including phenoxy) is 3. The van der Waals surface area contributed by atoms with Gasteiger partial charge in [0.2, 0.25) is 0 Å². The van der Waals surface area contributed by atoms with Gasteiger partial charge < -0.3 is 14.2 Å². The Morgan fingerprint density at radius 1 is 0.279 bits per heavy atom. The van der Waals surface area contributed by atoms with Gasteiger partial charge in [0.1, 0.15) is 13.2 Å². The zero-order valence-electron chi connectivity index (χ0n) is 42.0. The molecule has 61 heavy (non-hydrogen) atoms. The predicted octanol–water partition coefficient (Wildman–Crippen LogP) is 17.6. The first-order valence-electron chi connectivity index (χ1n) is 27.1. The van der Waals surface area contributed by atoms with Gasteiger partial charge in [-0.25, -0.2) is 0 Å². The third-order valence-electron chi connectivity index (χ3n) is 12.4. The molecule has 0 aliphatic carbocycles. The smallest absolute Gasteiger partial charge is 0.306 e. The zero-order valence-corrected chi connectivity index (χ0v) is 42.0. The molecule has 0 amide bonds. The van der Waals surface area contributed by atoms with Gasteiger partial charge in [-0.05, 0) is 37.0 Å². The number of rotatable bonds is 48. The standard InChI is InChI=1S/C55H106O6/c1-49(2)41-35-29-23-19-15-11-8-7-9-13-17-21-25-32-38-44-53(56)59-47-52(48-60-54(57)45-39-33-28-27-31-37-43-51(5)6)61-55(58)46-40-34-26-22-18-14-10-12-16-20-24-30-36-42-50(3)4/h49-52H,7-48H2,1-6H3/t52-/m0/s1. The van der Waals surface area contributed by atoms with Crippen LogP contribution in [0, 0.1) is 17.8 Å². The molecule has 6 heteroatoms. The normalized spacial score (nSPS) is 12.1. The summed E-state index contributed by atoms with van der Waals surface area (Å²) in [6.45, 7) is 13.7. The van der Waals surface area contributed by atoms with E-state index in [0.29, 0.717) is 19.3 Å². The Hall–Kier alpha value is -1.59. The Bertz CT molecular complexity index is 945. The molecular weight excluding hydrogens is 757 g/mol. The van der Waals surface area contributed by atoms with Crippen LogP contribution < -0.4 is 0 Å². The minimum atomic E-state index is -0.763. The van der Waals surface area contributed by atoms with Crippen molar-refractivity contribution >= 4 is 17.9 Å². The molecule has 0 aromatic rings. The van der Waals surface area contributed by atoms with Crippen molar-refractivity contribution in [2.45, 2.75) is 304 Å². The van der Waals surface area contributed by atoms with Gasteiger partial charge in [-0.1, -0.05) is 260 Å². The molecule has 362 valence electrons. The van der Waals surface area contributed by atoms with E-state index in [1.807, 2.05) is 0 Å². The van der Waals surface area contributed by atoms with E-state index in [9.17, 15) is 14.4 Å². The average Bonchev–Trinajstić information content (AvgIpc) is 3.22. The first kappa shape index (κ1) is 59.4. The summed E-state index contributed by atoms with van der Waals surface area (Å²) in [5.74, 6) is 1.60. The van der Waals surface area contributed by atoms with Crippen molar-refractivity contribution in [2.24, 2.45) is 17.8 Å². The van der Waals surface area contributed by atoms with Crippen LogP contribution in [0.4, 0.5) is 0 Å². The molecule has 0 N–H and O–H groups in total. The van der Waals surface area contributed by atoms with Gasteiger partial charge in [0.15, 0.2) is 6.10 Å². The van der Waals surface area contributed by atoms with Gasteiger partial charge in [-0.15, -0.1) is 0 Å². The molecule has 6 nitrogen and oxygen atoms in total. The van der Waals surface area contributed by atoms with E-state index in [-0.39, 0.29) is 31.1 Å². The van der Waals surface area contributed by atoms with Crippen LogP contribution in [0.1, 0.15) is 298 Å². The number of carbonyl (C=O) groups is 3. The highest BCUT2D eigenvalue weighted by molar-refractivity contribution is 5.71. The highest BCUT2D eigenvalue weighted by Crippen LogP contribution is 2.18. The average molecular weight is 863 g/mol. The molecule has 0 aliphatic heterocycles. The van der Waals surface area contributed by atoms with Crippen molar-refractivity contribution in [3.05, 3.63) is 0 Å². The van der Waals surface area contributed by atoms with Crippen LogP contribution in [0.2, 0.25) is 0 Å². The summed E-state index contributed by atoms with van der Waals surface area (Å²) in [4.78, 5) is 38.0. The molecule has 0 bridgehead atoms. The second-order valence-electron chi connectivity index (χ2n) is 20.3. The first-order chi connectivity index (χ1) is 29.6. The van der Waals surface area contributed by atoms with Crippen molar-refractivity contribution in [3.63, 3.8) is 0 Å². The van der Waals surface area contributed by atoms with E-state index in [1.54, 1.807) is 0 Å². The van der Waals surface area contributed by atoms with Crippen molar-refractivity contribution in [1.29, 1.82) is 0 Å². The summed E-state index contributed by atoms with van der Waals surface area (Å²) in [5, 5.41) is 0. The van der Waals surface area contributed by atoms with Crippen LogP contribution in [0.15, 0.2) is 0 Å². The van der Waals surface area contributed by atoms with Crippen molar-refractivity contribution < 1.29 is 28.6 Å². The van der Waals surface area contributed by atoms with Crippen LogP contribution >= 0.6 is 0 Å². The van der Waals surface area contributed by atoms with Gasteiger partial charge >= 0.3 is 17.9 Å². The fraction of sp³-hybridized carbons (Fsp3) is 0.945. The quantitative estimate of drug-likeness (QED) is 0.0344. The fourth-order valence-electron chi connectivity index (χ4n) is 8.29. The van der Waals surface area contributed by atoms with Crippen molar-refractivity contribution in [2.75, 3.05) is 13.2 Å². The third-order valence-corrected chi connectivity index (χ3v) is 12.4. The second kappa shape index (κ2) is 46.4. The minimum absolute atomic E-state index is 0.0648. The van der Waals surface area contributed by atoms with Crippen molar-refractivity contribution in [3.8, 4) is 0 Å². The summed E-state index contributed by atoms with van der Waals surface area (Å²) in [6.07, 6.45) is 46.8. The number of unbranched alkanes of at least 4 members (excludes halogenated alkanes) is 31. The lowest BCUT2D eigenvalue weighted by molar-refractivity contribution is -0.167. The van der Waals surface area contributed by atoms with E-state index in [0.717, 1.165) is 75.5 Å². The molecule has 0 unspecified atom stereocenters. The van der Waals surface area contributed by atoms with E-state index < -0.39 is 6.10 Å². The summed E-state index contributed by atoms with van der Waals surface area (Å²) >= 11 is 0. The molecule has 0 aliphatic rings. The summed E-state index contributed by atoms with van der Waals surface area (Å²) in [6, 6.07) is 0. The summed E-state index contributed by atoms with van der Waals surface area (Å²) in [7, 11) is 0. The Morgan fingerprint density at radius 3 is 0.705 bits per heavy atom. The van der Waals surface area contributed by atoms with E-state index in [4.69, 9.17) is 14.2 Å². The Labute approximate surface area is 380 Å². The Morgan fingerprint density at radius 2 is 0.475 bits per heavy atom. The van der Waals surface area contributed by atoms with Crippen molar-refractivity contribution in [1.82, 2.24) is 0 Å². The van der Waals surface area contributed by atoms with Gasteiger partial charge in [0, 0.05) is 19.3 Å². The molecule has 1 atom stereocenters. The topological polar surface area (TPSA) is 78.9 Å². The second-order valence-corrected chi connectivity index (χ2v) is 20.3. The molecule has 0 heterocycles. The lowest BCUT2D eigenvalue weighted by Crippen LogP contribution is -2.30. The summed E-state index contributed by atoms with van der Waals surface area (Å²) in [5.41, 5.74) is 0. The van der Waals surface area contributed by atoms with Gasteiger partial charge in [0.25, 0.3) is 0 Å². The van der Waals surface area contributed by atoms with Crippen LogP contribution in [0.5, 0.6) is 0 Å². The van der Waals surface area contributed by atoms with Crippen LogP contribution in [0.25, 0.3) is 0 Å². The maximum Gasteiger partial charge on any atom is 0.306 e. The first-order valence-corrected chi connectivity index (χ1v) is 27.1. The maximum absolute atomic E-state index is 12.8. The van der Waals surface area contributed by atoms with Gasteiger partial charge in [-0.2, -0.15) is 0 Å². The molecule has 0 saturated heterocycles. The number of hydrogen-bond donors (Lipinski definition) is 0. The van der Waals surface area contributed by atoms with Gasteiger partial charge in [0.05, 0.1) is 0 Å². The lowest BCUT2D eigenvalue weighted by atomic mass is 10.0. The molecule has 0 spiro atoms. The number of hydrogen-bond acceptors (Lipinski definition) is 6. The molecule has 0 aromatic carbocycles. The van der Waals surface area contributed by atoms with E-state index >= 15 is 0 Å². The molecule has 0 rings (SSSR count). The minimum Gasteiger partial charge on any atom is -0.462 e. The molecule has 0 fully saturated rings. The Kier molecular flexibility index (Phi) is 45.2. The van der Waals surface area contributed by atoms with E-state index in [2.05, 4.69) is 41.5 Å². The van der Waals surface area contributed by atoms with E-state index in [1.165, 1.54) is 180 Å². The van der Waals surface area contributed by atoms with Crippen LogP contribution in [-0.4, -0.2) is 37.2 Å². The van der Waals surface area contributed by atoms with Crippen LogP contribution in [0.3, 0.4) is 0 Å². The van der Waals surface area contributed by atoms with Crippen LogP contribution in [-0.2, 0) is 28.6 Å². The van der Waals surface area contributed by atoms with Gasteiger partial charge in [-0.3, -0.25) is 14.4 Å². The molecule has 0 aromatic heterocycles. The lowest BCUT2D eigenvalue weighted by Gasteiger charge is -2.18. The highest BCUT2D eigenvalue weighted by atomic mass is 16.6. The number of carbonyl (C=O) groups excluding carboxylic acids is 3. The SMILES string of the molecule is CC(C)CCCCCCCCCCCCCCCCCC(=O)OC[C@@H](COC(=O)CCCCCCCCC(C)C)OC(=O)CCCCCCCCCCCCCCCC(C)C. The molecule has 0 saturated carbocycles.